The number of thioether (sulfide) groups is 1. The lowest BCUT2D eigenvalue weighted by Gasteiger charge is -2.09. The van der Waals surface area contributed by atoms with E-state index in [1.807, 2.05) is 6.26 Å². The van der Waals surface area contributed by atoms with E-state index in [4.69, 9.17) is 17.3 Å². The van der Waals surface area contributed by atoms with E-state index in [9.17, 15) is 12.8 Å². The van der Waals surface area contributed by atoms with Gasteiger partial charge in [-0.15, -0.1) is 0 Å². The third-order valence-corrected chi connectivity index (χ3v) is 5.28. The number of rotatable bonds is 8. The van der Waals surface area contributed by atoms with E-state index in [1.165, 1.54) is 0 Å². The first-order valence-electron chi connectivity index (χ1n) is 6.11. The lowest BCUT2D eigenvalue weighted by Crippen LogP contribution is -2.25. The number of anilines is 1. The van der Waals surface area contributed by atoms with Crippen molar-refractivity contribution in [1.29, 1.82) is 0 Å². The number of benzene rings is 1. The number of halogens is 2. The summed E-state index contributed by atoms with van der Waals surface area (Å²) in [6.07, 6.45) is 4.77. The summed E-state index contributed by atoms with van der Waals surface area (Å²) >= 11 is 7.51. The Bertz CT molecular complexity index is 553. The quantitative estimate of drug-likeness (QED) is 0.564. The van der Waals surface area contributed by atoms with Crippen LogP contribution in [-0.2, 0) is 10.0 Å². The highest BCUT2D eigenvalue weighted by atomic mass is 35.5. The third-order valence-electron chi connectivity index (χ3n) is 2.66. The van der Waals surface area contributed by atoms with Gasteiger partial charge in [-0.1, -0.05) is 18.0 Å². The Morgan fingerprint density at radius 1 is 1.35 bits per heavy atom. The van der Waals surface area contributed by atoms with Crippen molar-refractivity contribution in [2.45, 2.75) is 24.2 Å². The maximum Gasteiger partial charge on any atom is 0.242 e. The maximum atomic E-state index is 13.1. The fourth-order valence-electron chi connectivity index (χ4n) is 1.58. The Morgan fingerprint density at radius 3 is 2.70 bits per heavy atom. The molecule has 0 unspecified atom stereocenters. The summed E-state index contributed by atoms with van der Waals surface area (Å²) in [6, 6.07) is 1.94. The van der Waals surface area contributed by atoms with Crippen molar-refractivity contribution in [3.8, 4) is 0 Å². The van der Waals surface area contributed by atoms with Gasteiger partial charge in [0.2, 0.25) is 10.0 Å². The number of nitrogens with one attached hydrogen (secondary N) is 1. The van der Waals surface area contributed by atoms with Crippen LogP contribution >= 0.6 is 23.4 Å². The predicted molar refractivity (Wildman–Crippen MR) is 83.2 cm³/mol. The van der Waals surface area contributed by atoms with Gasteiger partial charge in [0.1, 0.15) is 10.7 Å². The van der Waals surface area contributed by atoms with Crippen LogP contribution in [0.15, 0.2) is 17.0 Å². The van der Waals surface area contributed by atoms with Gasteiger partial charge in [-0.3, -0.25) is 0 Å². The maximum absolute atomic E-state index is 13.1. The molecule has 20 heavy (non-hydrogen) atoms. The Labute approximate surface area is 128 Å². The molecule has 0 atom stereocenters. The van der Waals surface area contributed by atoms with Crippen molar-refractivity contribution in [1.82, 2.24) is 4.72 Å². The first kappa shape index (κ1) is 17.6. The van der Waals surface area contributed by atoms with Gasteiger partial charge in [0, 0.05) is 6.54 Å². The van der Waals surface area contributed by atoms with Crippen LogP contribution in [0, 0.1) is 5.82 Å². The normalized spacial score (nSPS) is 11.8. The largest absolute Gasteiger partial charge is 0.396 e. The van der Waals surface area contributed by atoms with Crippen LogP contribution in [0.25, 0.3) is 0 Å². The molecule has 0 saturated carbocycles. The summed E-state index contributed by atoms with van der Waals surface area (Å²) in [5.74, 6) is 0.332. The molecule has 1 aromatic rings. The lowest BCUT2D eigenvalue weighted by molar-refractivity contribution is 0.575. The molecule has 0 fully saturated rings. The highest BCUT2D eigenvalue weighted by Gasteiger charge is 2.19. The molecule has 4 nitrogen and oxygen atoms in total. The summed E-state index contributed by atoms with van der Waals surface area (Å²) in [5.41, 5.74) is 5.13. The van der Waals surface area contributed by atoms with Crippen LogP contribution < -0.4 is 10.5 Å². The summed E-state index contributed by atoms with van der Waals surface area (Å²) in [4.78, 5) is -0.192. The summed E-state index contributed by atoms with van der Waals surface area (Å²) in [7, 11) is -3.76. The molecule has 114 valence electrons. The number of nitrogens with two attached hydrogens (primary N) is 1. The van der Waals surface area contributed by atoms with Crippen molar-refractivity contribution in [2.75, 3.05) is 24.3 Å². The lowest BCUT2D eigenvalue weighted by atomic mass is 10.2. The minimum absolute atomic E-state index is 0.174. The van der Waals surface area contributed by atoms with Crippen LogP contribution in [0.2, 0.25) is 5.02 Å². The molecule has 0 radical (unpaired) electrons. The van der Waals surface area contributed by atoms with Crippen LogP contribution in [0.4, 0.5) is 10.1 Å². The second-order valence-corrected chi connectivity index (χ2v) is 7.38. The zero-order valence-electron chi connectivity index (χ0n) is 11.2. The van der Waals surface area contributed by atoms with Gasteiger partial charge in [-0.2, -0.15) is 11.8 Å². The van der Waals surface area contributed by atoms with E-state index < -0.39 is 15.8 Å². The second kappa shape index (κ2) is 8.07. The Hall–Kier alpha value is -0.500. The van der Waals surface area contributed by atoms with E-state index in [1.54, 1.807) is 11.8 Å². The monoisotopic (exact) mass is 340 g/mol. The fourth-order valence-corrected chi connectivity index (χ4v) is 3.70. The van der Waals surface area contributed by atoms with E-state index >= 15 is 0 Å². The Balaban J connectivity index is 2.63. The number of hydrogen-bond acceptors (Lipinski definition) is 4. The van der Waals surface area contributed by atoms with Crippen molar-refractivity contribution < 1.29 is 12.8 Å². The van der Waals surface area contributed by atoms with Gasteiger partial charge < -0.3 is 5.73 Å². The molecule has 1 rings (SSSR count). The second-order valence-electron chi connectivity index (χ2n) is 4.26. The number of hydrogen-bond donors (Lipinski definition) is 2. The standard InChI is InChI=1S/C12H18ClFN2O2S2/c1-19-6-4-2-3-5-16-20(17,18)12-8-11(15)10(14)7-9(12)13/h7-8,16H,2-6,15H2,1H3. The van der Waals surface area contributed by atoms with Crippen LogP contribution in [-0.4, -0.2) is 27.0 Å². The van der Waals surface area contributed by atoms with Crippen molar-refractivity contribution in [3.05, 3.63) is 23.0 Å². The van der Waals surface area contributed by atoms with Crippen molar-refractivity contribution >= 4 is 39.1 Å². The van der Waals surface area contributed by atoms with E-state index in [-0.39, 0.29) is 15.6 Å². The molecule has 3 N–H and O–H groups in total. The fraction of sp³-hybridized carbons (Fsp3) is 0.500. The first-order valence-corrected chi connectivity index (χ1v) is 9.37. The van der Waals surface area contributed by atoms with Gasteiger partial charge in [0.05, 0.1) is 10.7 Å². The highest BCUT2D eigenvalue weighted by molar-refractivity contribution is 7.98. The average molecular weight is 341 g/mol. The van der Waals surface area contributed by atoms with Crippen LogP contribution in [0.1, 0.15) is 19.3 Å². The van der Waals surface area contributed by atoms with Gasteiger partial charge in [-0.05, 0) is 37.0 Å². The molecule has 0 heterocycles. The van der Waals surface area contributed by atoms with E-state index in [0.717, 1.165) is 37.1 Å². The molecule has 0 aliphatic heterocycles. The third kappa shape index (κ3) is 5.12. The Kier molecular flexibility index (Phi) is 7.08. The summed E-state index contributed by atoms with van der Waals surface area (Å²) in [6.45, 7) is 0.324. The molecule has 0 aliphatic carbocycles. The smallest absolute Gasteiger partial charge is 0.242 e. The zero-order chi connectivity index (χ0) is 15.2. The van der Waals surface area contributed by atoms with Gasteiger partial charge in [-0.25, -0.2) is 17.5 Å². The van der Waals surface area contributed by atoms with Crippen LogP contribution in [0.5, 0.6) is 0 Å². The zero-order valence-corrected chi connectivity index (χ0v) is 13.5. The van der Waals surface area contributed by atoms with Gasteiger partial charge in [0.25, 0.3) is 0 Å². The minimum Gasteiger partial charge on any atom is -0.396 e. The first-order chi connectivity index (χ1) is 9.38. The van der Waals surface area contributed by atoms with E-state index in [2.05, 4.69) is 4.72 Å². The number of nitrogen functional groups attached to an aromatic ring is 1. The molecular weight excluding hydrogens is 323 g/mol. The molecule has 0 bridgehead atoms. The number of unbranched alkanes of at least 4 members (excludes halogenated alkanes) is 2. The molecule has 0 amide bonds. The average Bonchev–Trinajstić information content (AvgIpc) is 2.37. The van der Waals surface area contributed by atoms with Gasteiger partial charge in [0.15, 0.2) is 0 Å². The highest BCUT2D eigenvalue weighted by Crippen LogP contribution is 2.26. The Morgan fingerprint density at radius 2 is 2.05 bits per heavy atom. The molecule has 0 spiro atoms. The summed E-state index contributed by atoms with van der Waals surface area (Å²) < 4.78 is 39.6. The molecule has 0 aliphatic rings. The van der Waals surface area contributed by atoms with Crippen LogP contribution in [0.3, 0.4) is 0 Å². The molecular formula is C12H18ClFN2O2S2. The molecule has 1 aromatic carbocycles. The molecule has 8 heteroatoms. The number of sulfonamides is 1. The van der Waals surface area contributed by atoms with Crippen molar-refractivity contribution in [3.63, 3.8) is 0 Å². The summed E-state index contributed by atoms with van der Waals surface area (Å²) in [5, 5.41) is -0.174. The van der Waals surface area contributed by atoms with E-state index in [0.29, 0.717) is 6.54 Å². The molecule has 0 aromatic heterocycles. The predicted octanol–water partition coefficient (Wildman–Crippen LogP) is 2.87. The van der Waals surface area contributed by atoms with Crippen molar-refractivity contribution in [2.24, 2.45) is 0 Å². The molecule has 0 saturated heterocycles. The topological polar surface area (TPSA) is 72.2 Å². The van der Waals surface area contributed by atoms with Gasteiger partial charge >= 0.3 is 0 Å². The minimum atomic E-state index is -3.76. The SMILES string of the molecule is CSCCCCCNS(=O)(=O)c1cc(N)c(F)cc1Cl.